The quantitative estimate of drug-likeness (QED) is 0.606. The fourth-order valence-electron chi connectivity index (χ4n) is 1.44. The average molecular weight is 156 g/mol. The van der Waals surface area contributed by atoms with Crippen molar-refractivity contribution in [3.8, 4) is 0 Å². The third-order valence-corrected chi connectivity index (χ3v) is 2.37. The molecule has 0 aromatic rings. The lowest BCUT2D eigenvalue weighted by atomic mass is 10.1. The van der Waals surface area contributed by atoms with Crippen LogP contribution in [0.25, 0.3) is 0 Å². The van der Waals surface area contributed by atoms with Gasteiger partial charge in [0, 0.05) is 0 Å². The molecule has 1 saturated carbocycles. The van der Waals surface area contributed by atoms with Gasteiger partial charge in [0.2, 0.25) is 0 Å². The first-order valence-corrected chi connectivity index (χ1v) is 4.61. The van der Waals surface area contributed by atoms with Crippen molar-refractivity contribution >= 4 is 0 Å². The summed E-state index contributed by atoms with van der Waals surface area (Å²) in [4.78, 5) is 0. The van der Waals surface area contributed by atoms with Crippen molar-refractivity contribution in [2.45, 2.75) is 50.9 Å². The zero-order valence-electron chi connectivity index (χ0n) is 7.08. The van der Waals surface area contributed by atoms with E-state index in [-0.39, 0.29) is 0 Å². The van der Waals surface area contributed by atoms with Crippen LogP contribution in [-0.2, 0) is 9.47 Å². The van der Waals surface area contributed by atoms with E-state index in [0.29, 0.717) is 18.3 Å². The summed E-state index contributed by atoms with van der Waals surface area (Å²) in [5.41, 5.74) is 0. The Hall–Kier alpha value is -0.0800. The van der Waals surface area contributed by atoms with E-state index in [1.807, 2.05) is 0 Å². The maximum Gasteiger partial charge on any atom is 0.0813 e. The summed E-state index contributed by atoms with van der Waals surface area (Å²) >= 11 is 0. The van der Waals surface area contributed by atoms with E-state index in [9.17, 15) is 0 Å². The molecule has 2 aliphatic rings. The maximum absolute atomic E-state index is 5.73. The minimum absolute atomic E-state index is 0.402. The highest BCUT2D eigenvalue weighted by molar-refractivity contribution is 4.77. The molecule has 2 fully saturated rings. The van der Waals surface area contributed by atoms with Crippen LogP contribution in [0.2, 0.25) is 0 Å². The van der Waals surface area contributed by atoms with Crippen molar-refractivity contribution in [2.75, 3.05) is 6.61 Å². The van der Waals surface area contributed by atoms with Crippen LogP contribution < -0.4 is 0 Å². The Balaban J connectivity index is 1.69. The molecular formula is C9H16O2. The largest absolute Gasteiger partial charge is 0.376 e. The molecule has 64 valence electrons. The van der Waals surface area contributed by atoms with E-state index in [0.717, 1.165) is 13.0 Å². The van der Waals surface area contributed by atoms with Gasteiger partial charge in [-0.2, -0.15) is 0 Å². The standard InChI is InChI=1S/C9H16O2/c1-7-2-3-9(6-10-7)11-8-4-5-8/h7-9H,2-6H2,1H3/t7-,9+/m0/s1. The zero-order chi connectivity index (χ0) is 7.68. The second-order valence-electron chi connectivity index (χ2n) is 3.68. The fourth-order valence-corrected chi connectivity index (χ4v) is 1.44. The summed E-state index contributed by atoms with van der Waals surface area (Å²) in [6.45, 7) is 2.95. The van der Waals surface area contributed by atoms with Gasteiger partial charge in [0.1, 0.15) is 0 Å². The average Bonchev–Trinajstić information content (AvgIpc) is 2.78. The molecule has 0 aromatic heterocycles. The molecule has 0 amide bonds. The third-order valence-electron chi connectivity index (χ3n) is 2.37. The van der Waals surface area contributed by atoms with E-state index in [1.54, 1.807) is 0 Å². The van der Waals surface area contributed by atoms with Gasteiger partial charge < -0.3 is 9.47 Å². The molecule has 0 aromatic carbocycles. The van der Waals surface area contributed by atoms with E-state index in [4.69, 9.17) is 9.47 Å². The molecule has 2 heteroatoms. The van der Waals surface area contributed by atoms with Crippen molar-refractivity contribution in [1.82, 2.24) is 0 Å². The van der Waals surface area contributed by atoms with Crippen molar-refractivity contribution in [2.24, 2.45) is 0 Å². The minimum Gasteiger partial charge on any atom is -0.376 e. The molecule has 1 aliphatic carbocycles. The Morgan fingerprint density at radius 2 is 1.82 bits per heavy atom. The topological polar surface area (TPSA) is 18.5 Å². The van der Waals surface area contributed by atoms with Crippen LogP contribution in [0.5, 0.6) is 0 Å². The van der Waals surface area contributed by atoms with Crippen LogP contribution in [0.4, 0.5) is 0 Å². The summed E-state index contributed by atoms with van der Waals surface area (Å²) in [6, 6.07) is 0. The SMILES string of the molecule is C[C@H]1CC[C@@H](OC2CC2)CO1. The lowest BCUT2D eigenvalue weighted by Gasteiger charge is -2.26. The van der Waals surface area contributed by atoms with E-state index in [2.05, 4.69) is 6.92 Å². The van der Waals surface area contributed by atoms with Crippen molar-refractivity contribution < 1.29 is 9.47 Å². The molecule has 0 N–H and O–H groups in total. The third kappa shape index (κ3) is 2.17. The van der Waals surface area contributed by atoms with Gasteiger partial charge in [0.25, 0.3) is 0 Å². The Kier molecular flexibility index (Phi) is 2.14. The lowest BCUT2D eigenvalue weighted by molar-refractivity contribution is -0.0849. The summed E-state index contributed by atoms with van der Waals surface area (Å²) in [7, 11) is 0. The highest BCUT2D eigenvalue weighted by Crippen LogP contribution is 2.28. The van der Waals surface area contributed by atoms with Crippen LogP contribution in [0.15, 0.2) is 0 Å². The van der Waals surface area contributed by atoms with Gasteiger partial charge >= 0.3 is 0 Å². The van der Waals surface area contributed by atoms with Gasteiger partial charge in [0.15, 0.2) is 0 Å². The van der Waals surface area contributed by atoms with Crippen LogP contribution in [0.1, 0.15) is 32.6 Å². The number of hydrogen-bond acceptors (Lipinski definition) is 2. The van der Waals surface area contributed by atoms with Crippen molar-refractivity contribution in [1.29, 1.82) is 0 Å². The Morgan fingerprint density at radius 3 is 2.36 bits per heavy atom. The summed E-state index contributed by atoms with van der Waals surface area (Å²) in [5.74, 6) is 0. The number of hydrogen-bond donors (Lipinski definition) is 0. The van der Waals surface area contributed by atoms with Crippen molar-refractivity contribution in [3.63, 3.8) is 0 Å². The van der Waals surface area contributed by atoms with Gasteiger partial charge in [-0.1, -0.05) is 0 Å². The van der Waals surface area contributed by atoms with Gasteiger partial charge in [-0.05, 0) is 32.6 Å². The molecule has 1 saturated heterocycles. The maximum atomic E-state index is 5.73. The highest BCUT2D eigenvalue weighted by atomic mass is 16.5. The van der Waals surface area contributed by atoms with E-state index < -0.39 is 0 Å². The second kappa shape index (κ2) is 3.11. The number of rotatable bonds is 2. The Labute approximate surface area is 67.9 Å². The smallest absolute Gasteiger partial charge is 0.0813 e. The van der Waals surface area contributed by atoms with Gasteiger partial charge in [-0.3, -0.25) is 0 Å². The van der Waals surface area contributed by atoms with Gasteiger partial charge in [0.05, 0.1) is 24.9 Å². The predicted molar refractivity (Wildman–Crippen MR) is 42.5 cm³/mol. The first kappa shape index (κ1) is 7.56. The predicted octanol–water partition coefficient (Wildman–Crippen LogP) is 1.73. The van der Waals surface area contributed by atoms with E-state index >= 15 is 0 Å². The monoisotopic (exact) mass is 156 g/mol. The van der Waals surface area contributed by atoms with Crippen LogP contribution >= 0.6 is 0 Å². The van der Waals surface area contributed by atoms with E-state index in [1.165, 1.54) is 19.3 Å². The Morgan fingerprint density at radius 1 is 1.09 bits per heavy atom. The molecule has 1 heterocycles. The molecule has 2 atom stereocenters. The Bertz CT molecular complexity index is 124. The highest BCUT2D eigenvalue weighted by Gasteiger charge is 2.28. The molecular weight excluding hydrogens is 140 g/mol. The molecule has 11 heavy (non-hydrogen) atoms. The summed E-state index contributed by atoms with van der Waals surface area (Å²) < 4.78 is 11.2. The molecule has 0 bridgehead atoms. The summed E-state index contributed by atoms with van der Waals surface area (Å²) in [5, 5.41) is 0. The van der Waals surface area contributed by atoms with Gasteiger partial charge in [-0.25, -0.2) is 0 Å². The minimum atomic E-state index is 0.402. The summed E-state index contributed by atoms with van der Waals surface area (Å²) in [6.07, 6.45) is 6.33. The van der Waals surface area contributed by atoms with Crippen LogP contribution in [0, 0.1) is 0 Å². The molecule has 1 aliphatic heterocycles. The normalized spacial score (nSPS) is 39.0. The molecule has 0 radical (unpaired) electrons. The fraction of sp³-hybridized carbons (Fsp3) is 1.00. The van der Waals surface area contributed by atoms with Crippen LogP contribution in [0.3, 0.4) is 0 Å². The second-order valence-corrected chi connectivity index (χ2v) is 3.68. The first-order valence-electron chi connectivity index (χ1n) is 4.61. The first-order chi connectivity index (χ1) is 5.34. The number of ether oxygens (including phenoxy) is 2. The lowest BCUT2D eigenvalue weighted by Crippen LogP contribution is -2.30. The van der Waals surface area contributed by atoms with Gasteiger partial charge in [-0.15, -0.1) is 0 Å². The molecule has 2 rings (SSSR count). The molecule has 0 spiro atoms. The van der Waals surface area contributed by atoms with Crippen molar-refractivity contribution in [3.05, 3.63) is 0 Å². The molecule has 2 nitrogen and oxygen atoms in total. The zero-order valence-corrected chi connectivity index (χ0v) is 7.08. The molecule has 0 unspecified atom stereocenters. The van der Waals surface area contributed by atoms with Crippen LogP contribution in [-0.4, -0.2) is 24.9 Å².